The van der Waals surface area contributed by atoms with Crippen LogP contribution in [0.4, 0.5) is 0 Å². The molecule has 5 heteroatoms. The Bertz CT molecular complexity index is 782. The lowest BCUT2D eigenvalue weighted by Gasteiger charge is -2.17. The first-order valence-electron chi connectivity index (χ1n) is 7.27. The minimum absolute atomic E-state index is 0.211. The Morgan fingerprint density at radius 2 is 1.77 bits per heavy atom. The molecule has 1 aromatic carbocycles. The number of aryl methyl sites for hydroxylation is 1. The predicted octanol–water partition coefficient (Wildman–Crippen LogP) is 3.29. The Kier molecular flexibility index (Phi) is 4.56. The Balaban J connectivity index is 2.54. The Morgan fingerprint density at radius 3 is 2.36 bits per heavy atom. The highest BCUT2D eigenvalue weighted by molar-refractivity contribution is 7.91. The smallest absolute Gasteiger partial charge is 0.309 e. The van der Waals surface area contributed by atoms with Crippen molar-refractivity contribution in [1.82, 2.24) is 0 Å². The highest BCUT2D eigenvalue weighted by Gasteiger charge is 2.32. The monoisotopic (exact) mass is 319 g/mol. The average Bonchev–Trinajstić information content (AvgIpc) is 2.47. The lowest BCUT2D eigenvalue weighted by molar-refractivity contribution is -0.646. The fourth-order valence-corrected chi connectivity index (χ4v) is 3.97. The summed E-state index contributed by atoms with van der Waals surface area (Å²) in [6.45, 7) is 7.66. The van der Waals surface area contributed by atoms with Gasteiger partial charge in [0.1, 0.15) is 0 Å². The van der Waals surface area contributed by atoms with E-state index < -0.39 is 15.1 Å². The van der Waals surface area contributed by atoms with E-state index in [4.69, 9.17) is 0 Å². The van der Waals surface area contributed by atoms with Crippen LogP contribution in [-0.2, 0) is 9.84 Å². The zero-order valence-corrected chi connectivity index (χ0v) is 14.1. The van der Waals surface area contributed by atoms with Crippen LogP contribution in [0.3, 0.4) is 0 Å². The maximum Gasteiger partial charge on any atom is 0.309 e. The van der Waals surface area contributed by atoms with Gasteiger partial charge in [0, 0.05) is 12.1 Å². The summed E-state index contributed by atoms with van der Waals surface area (Å²) >= 11 is 0. The summed E-state index contributed by atoms with van der Waals surface area (Å²) in [6, 6.07) is 10.3. The third-order valence-corrected chi connectivity index (χ3v) is 6.04. The normalized spacial score (nSPS) is 13.3. The molecule has 0 aliphatic carbocycles. The molecule has 2 aromatic rings. The van der Waals surface area contributed by atoms with Gasteiger partial charge in [0.05, 0.1) is 5.25 Å². The summed E-state index contributed by atoms with van der Waals surface area (Å²) in [5.41, 5.74) is 2.75. The van der Waals surface area contributed by atoms with Gasteiger partial charge in [-0.3, -0.25) is 0 Å². The molecule has 0 fully saturated rings. The van der Waals surface area contributed by atoms with E-state index in [2.05, 4.69) is 13.8 Å². The molecule has 2 rings (SSSR count). The zero-order valence-electron chi connectivity index (χ0n) is 13.3. The van der Waals surface area contributed by atoms with Crippen LogP contribution in [0.5, 0.6) is 0 Å². The van der Waals surface area contributed by atoms with Gasteiger partial charge < -0.3 is 5.21 Å². The molecule has 4 nitrogen and oxygen atoms in total. The van der Waals surface area contributed by atoms with Gasteiger partial charge in [-0.05, 0) is 42.5 Å². The van der Waals surface area contributed by atoms with Crippen molar-refractivity contribution in [3.63, 3.8) is 0 Å². The number of benzene rings is 1. The van der Waals surface area contributed by atoms with Gasteiger partial charge in [0.25, 0.3) is 0 Å². The van der Waals surface area contributed by atoms with E-state index in [-0.39, 0.29) is 5.03 Å². The molecule has 0 saturated heterocycles. The molecule has 0 N–H and O–H groups in total. The summed E-state index contributed by atoms with van der Waals surface area (Å²) in [6.07, 6.45) is 1.21. The second-order valence-corrected chi connectivity index (χ2v) is 8.04. The van der Waals surface area contributed by atoms with Crippen LogP contribution in [0.1, 0.15) is 48.6 Å². The molecule has 0 saturated carbocycles. The van der Waals surface area contributed by atoms with Gasteiger partial charge in [-0.15, -0.1) is 0 Å². The number of sulfone groups is 1. The lowest BCUT2D eigenvalue weighted by Crippen LogP contribution is -2.34. The number of aromatic nitrogens is 1. The first-order chi connectivity index (χ1) is 10.2. The van der Waals surface area contributed by atoms with E-state index in [9.17, 15) is 13.6 Å². The zero-order chi connectivity index (χ0) is 16.5. The van der Waals surface area contributed by atoms with Gasteiger partial charge in [-0.1, -0.05) is 32.0 Å². The van der Waals surface area contributed by atoms with Gasteiger partial charge in [0.15, 0.2) is 6.20 Å². The SMILES string of the molecule is Cc1ccc(C(C)C)cc1C(C)S(=O)(=O)c1cccc[n+]1[O-]. The number of hydrogen-bond acceptors (Lipinski definition) is 3. The second kappa shape index (κ2) is 6.08. The highest BCUT2D eigenvalue weighted by atomic mass is 32.2. The van der Waals surface area contributed by atoms with Crippen molar-refractivity contribution in [3.8, 4) is 0 Å². The predicted molar refractivity (Wildman–Crippen MR) is 86.3 cm³/mol. The Labute approximate surface area is 131 Å². The van der Waals surface area contributed by atoms with E-state index in [1.54, 1.807) is 13.0 Å². The van der Waals surface area contributed by atoms with E-state index >= 15 is 0 Å². The summed E-state index contributed by atoms with van der Waals surface area (Å²) < 4.78 is 25.9. The number of nitrogens with zero attached hydrogens (tertiary/aromatic N) is 1. The molecule has 1 heterocycles. The molecule has 0 spiro atoms. The molecule has 1 unspecified atom stereocenters. The van der Waals surface area contributed by atoms with E-state index in [1.165, 1.54) is 18.3 Å². The Hall–Kier alpha value is -1.88. The molecule has 0 radical (unpaired) electrons. The van der Waals surface area contributed by atoms with Crippen LogP contribution in [0.15, 0.2) is 47.6 Å². The van der Waals surface area contributed by atoms with Crippen molar-refractivity contribution < 1.29 is 13.1 Å². The molecule has 118 valence electrons. The maximum absolute atomic E-state index is 12.8. The summed E-state index contributed by atoms with van der Waals surface area (Å²) in [4.78, 5) is 0. The van der Waals surface area contributed by atoms with Gasteiger partial charge >= 0.3 is 5.03 Å². The van der Waals surface area contributed by atoms with Gasteiger partial charge in [-0.25, -0.2) is 8.42 Å². The number of rotatable bonds is 4. The molecular weight excluding hydrogens is 298 g/mol. The van der Waals surface area contributed by atoms with Gasteiger partial charge in [-0.2, -0.15) is 4.73 Å². The molecule has 0 aliphatic heterocycles. The van der Waals surface area contributed by atoms with Crippen molar-refractivity contribution in [2.75, 3.05) is 0 Å². The van der Waals surface area contributed by atoms with E-state index in [0.717, 1.165) is 16.7 Å². The van der Waals surface area contributed by atoms with Crippen LogP contribution < -0.4 is 4.73 Å². The van der Waals surface area contributed by atoms with Crippen LogP contribution in [0, 0.1) is 12.1 Å². The molecule has 0 amide bonds. The van der Waals surface area contributed by atoms with Crippen molar-refractivity contribution in [1.29, 1.82) is 0 Å². The lowest BCUT2D eigenvalue weighted by atomic mass is 9.96. The number of hydrogen-bond donors (Lipinski definition) is 0. The summed E-state index contributed by atoms with van der Waals surface area (Å²) in [5.74, 6) is 0.315. The molecule has 0 bridgehead atoms. The topological polar surface area (TPSA) is 61.1 Å². The minimum atomic E-state index is -3.74. The Morgan fingerprint density at radius 1 is 1.09 bits per heavy atom. The third-order valence-electron chi connectivity index (χ3n) is 3.95. The average molecular weight is 319 g/mol. The van der Waals surface area contributed by atoms with Crippen LogP contribution in [0.2, 0.25) is 0 Å². The molecule has 0 aliphatic rings. The van der Waals surface area contributed by atoms with Crippen LogP contribution >= 0.6 is 0 Å². The third kappa shape index (κ3) is 2.99. The van der Waals surface area contributed by atoms with Crippen molar-refractivity contribution in [3.05, 3.63) is 64.5 Å². The minimum Gasteiger partial charge on any atom is -0.618 e. The molecule has 22 heavy (non-hydrogen) atoms. The number of pyridine rings is 1. The van der Waals surface area contributed by atoms with Crippen molar-refractivity contribution in [2.45, 2.75) is 43.9 Å². The van der Waals surface area contributed by atoms with Crippen LogP contribution in [-0.4, -0.2) is 8.42 Å². The largest absolute Gasteiger partial charge is 0.618 e. The summed E-state index contributed by atoms with van der Waals surface area (Å²) in [5, 5.41) is 10.8. The summed E-state index contributed by atoms with van der Waals surface area (Å²) in [7, 11) is -3.74. The van der Waals surface area contributed by atoms with E-state index in [0.29, 0.717) is 10.6 Å². The fourth-order valence-electron chi connectivity index (χ4n) is 2.44. The maximum atomic E-state index is 12.8. The quantitative estimate of drug-likeness (QED) is 0.642. The standard InChI is InChI=1S/C17H21NO3S/c1-12(2)15-9-8-13(3)16(11-15)14(4)22(20,21)17-7-5-6-10-18(17)19/h5-12,14H,1-4H3. The van der Waals surface area contributed by atoms with Crippen molar-refractivity contribution in [2.24, 2.45) is 0 Å². The van der Waals surface area contributed by atoms with Crippen LogP contribution in [0.25, 0.3) is 0 Å². The molecule has 1 atom stereocenters. The van der Waals surface area contributed by atoms with Crippen molar-refractivity contribution >= 4 is 9.84 Å². The molecular formula is C17H21NO3S. The highest BCUT2D eigenvalue weighted by Crippen LogP contribution is 2.31. The fraction of sp³-hybridized carbons (Fsp3) is 0.353. The second-order valence-electron chi connectivity index (χ2n) is 5.82. The first kappa shape index (κ1) is 16.5. The van der Waals surface area contributed by atoms with Gasteiger partial charge in [0.2, 0.25) is 9.84 Å². The molecule has 1 aromatic heterocycles. The first-order valence-corrected chi connectivity index (χ1v) is 8.82. The van der Waals surface area contributed by atoms with E-state index in [1.807, 2.05) is 25.1 Å².